The number of hydrogen-bond acceptors (Lipinski definition) is 2. The Balaban J connectivity index is 2.10. The van der Waals surface area contributed by atoms with E-state index in [0.717, 1.165) is 18.7 Å². The van der Waals surface area contributed by atoms with E-state index >= 15 is 0 Å². The third-order valence-corrected chi connectivity index (χ3v) is 3.35. The van der Waals surface area contributed by atoms with Gasteiger partial charge in [-0.15, -0.1) is 0 Å². The van der Waals surface area contributed by atoms with Crippen molar-refractivity contribution in [2.24, 2.45) is 7.05 Å². The molecule has 0 spiro atoms. The lowest BCUT2D eigenvalue weighted by molar-refractivity contribution is 0.917. The summed E-state index contributed by atoms with van der Waals surface area (Å²) in [4.78, 5) is 0. The Kier molecular flexibility index (Phi) is 2.15. The molecule has 2 heterocycles. The molecular formula is C14H13N3. The van der Waals surface area contributed by atoms with E-state index in [2.05, 4.69) is 29.6 Å². The van der Waals surface area contributed by atoms with Crippen LogP contribution in [0, 0.1) is 11.3 Å². The molecule has 0 radical (unpaired) electrons. The number of benzene rings is 1. The smallest absolute Gasteiger partial charge is 0.120 e. The molecule has 2 aromatic rings. The number of hydrogen-bond donors (Lipinski definition) is 1. The second kappa shape index (κ2) is 3.67. The Morgan fingerprint density at radius 1 is 1.29 bits per heavy atom. The molecule has 0 saturated heterocycles. The molecule has 1 aliphatic heterocycles. The molecule has 17 heavy (non-hydrogen) atoms. The maximum absolute atomic E-state index is 8.95. The first-order valence-corrected chi connectivity index (χ1v) is 5.72. The van der Waals surface area contributed by atoms with Crippen molar-refractivity contribution in [1.82, 2.24) is 4.57 Å². The highest BCUT2D eigenvalue weighted by Gasteiger charge is 2.12. The summed E-state index contributed by atoms with van der Waals surface area (Å²) in [6.45, 7) is 1.02. The Morgan fingerprint density at radius 2 is 2.18 bits per heavy atom. The summed E-state index contributed by atoms with van der Waals surface area (Å²) < 4.78 is 1.93. The minimum Gasteiger partial charge on any atom is -0.384 e. The molecule has 0 atom stereocenters. The number of nitrogens with zero attached hydrogens (tertiary/aromatic N) is 2. The summed E-state index contributed by atoms with van der Waals surface area (Å²) in [6.07, 6.45) is 1.08. The number of nitrogens with one attached hydrogen (secondary N) is 1. The van der Waals surface area contributed by atoms with Crippen molar-refractivity contribution in [3.63, 3.8) is 0 Å². The first kappa shape index (κ1) is 9.98. The maximum atomic E-state index is 8.95. The lowest BCUT2D eigenvalue weighted by Gasteiger charge is -2.06. The summed E-state index contributed by atoms with van der Waals surface area (Å²) in [5.41, 5.74) is 5.57. The fourth-order valence-corrected chi connectivity index (χ4v) is 2.38. The van der Waals surface area contributed by atoms with Gasteiger partial charge in [0.15, 0.2) is 0 Å². The zero-order valence-electron chi connectivity index (χ0n) is 9.70. The topological polar surface area (TPSA) is 40.8 Å². The van der Waals surface area contributed by atoms with Crippen LogP contribution in [-0.4, -0.2) is 11.1 Å². The molecule has 84 valence electrons. The third-order valence-electron chi connectivity index (χ3n) is 3.35. The van der Waals surface area contributed by atoms with Crippen LogP contribution in [0.5, 0.6) is 0 Å². The zero-order valence-corrected chi connectivity index (χ0v) is 9.70. The monoisotopic (exact) mass is 223 g/mol. The van der Waals surface area contributed by atoms with Crippen molar-refractivity contribution in [3.05, 3.63) is 41.6 Å². The van der Waals surface area contributed by atoms with E-state index in [9.17, 15) is 0 Å². The van der Waals surface area contributed by atoms with Crippen LogP contribution in [0.4, 0.5) is 5.69 Å². The molecule has 0 amide bonds. The number of fused-ring (bicyclic) bond motifs is 1. The van der Waals surface area contributed by atoms with E-state index in [4.69, 9.17) is 5.26 Å². The highest BCUT2D eigenvalue weighted by Crippen LogP contribution is 2.29. The van der Waals surface area contributed by atoms with Crippen LogP contribution in [0.3, 0.4) is 0 Å². The van der Waals surface area contributed by atoms with E-state index in [1.54, 1.807) is 0 Å². The molecule has 0 aliphatic carbocycles. The zero-order chi connectivity index (χ0) is 11.8. The van der Waals surface area contributed by atoms with Crippen molar-refractivity contribution >= 4 is 5.69 Å². The summed E-state index contributed by atoms with van der Waals surface area (Å²) in [6, 6.07) is 12.5. The average molecular weight is 223 g/mol. The van der Waals surface area contributed by atoms with Crippen LogP contribution < -0.4 is 5.32 Å². The van der Waals surface area contributed by atoms with Gasteiger partial charge in [0.1, 0.15) is 11.8 Å². The van der Waals surface area contributed by atoms with Crippen molar-refractivity contribution in [2.75, 3.05) is 11.9 Å². The normalized spacial score (nSPS) is 12.9. The summed E-state index contributed by atoms with van der Waals surface area (Å²) in [5.74, 6) is 0. The van der Waals surface area contributed by atoms with E-state index in [-0.39, 0.29) is 0 Å². The van der Waals surface area contributed by atoms with Crippen LogP contribution in [0.1, 0.15) is 11.3 Å². The lowest BCUT2D eigenvalue weighted by atomic mass is 10.1. The van der Waals surface area contributed by atoms with E-state index in [1.165, 1.54) is 16.8 Å². The second-order valence-corrected chi connectivity index (χ2v) is 4.32. The van der Waals surface area contributed by atoms with Crippen LogP contribution >= 0.6 is 0 Å². The van der Waals surface area contributed by atoms with Crippen LogP contribution in [0.25, 0.3) is 11.3 Å². The molecule has 3 heteroatoms. The fraction of sp³-hybridized carbons (Fsp3) is 0.214. The summed E-state index contributed by atoms with van der Waals surface area (Å²) in [5, 5.41) is 12.3. The molecular weight excluding hydrogens is 210 g/mol. The Hall–Kier alpha value is -2.21. The van der Waals surface area contributed by atoms with Gasteiger partial charge in [-0.1, -0.05) is 6.07 Å². The molecule has 1 N–H and O–H groups in total. The number of nitriles is 1. The van der Waals surface area contributed by atoms with Gasteiger partial charge < -0.3 is 9.88 Å². The van der Waals surface area contributed by atoms with Crippen LogP contribution in [0.15, 0.2) is 30.3 Å². The Morgan fingerprint density at radius 3 is 2.94 bits per heavy atom. The number of anilines is 1. The molecule has 3 nitrogen and oxygen atoms in total. The largest absolute Gasteiger partial charge is 0.384 e. The molecule has 0 bridgehead atoms. The van der Waals surface area contributed by atoms with E-state index < -0.39 is 0 Å². The predicted octanol–water partition coefficient (Wildman–Crippen LogP) is 2.53. The van der Waals surface area contributed by atoms with Crippen LogP contribution in [0.2, 0.25) is 0 Å². The molecule has 1 aromatic carbocycles. The second-order valence-electron chi connectivity index (χ2n) is 4.32. The van der Waals surface area contributed by atoms with Crippen molar-refractivity contribution in [1.29, 1.82) is 5.26 Å². The lowest BCUT2D eigenvalue weighted by Crippen LogP contribution is -1.94. The fourth-order valence-electron chi connectivity index (χ4n) is 2.38. The van der Waals surface area contributed by atoms with Crippen LogP contribution in [-0.2, 0) is 13.5 Å². The van der Waals surface area contributed by atoms with E-state index in [0.29, 0.717) is 5.69 Å². The van der Waals surface area contributed by atoms with Crippen molar-refractivity contribution < 1.29 is 0 Å². The van der Waals surface area contributed by atoms with Gasteiger partial charge in [0.05, 0.1) is 0 Å². The first-order valence-electron chi connectivity index (χ1n) is 5.72. The summed E-state index contributed by atoms with van der Waals surface area (Å²) >= 11 is 0. The molecule has 1 aromatic heterocycles. The van der Waals surface area contributed by atoms with Gasteiger partial charge in [0.2, 0.25) is 0 Å². The minimum absolute atomic E-state index is 0.693. The van der Waals surface area contributed by atoms with E-state index in [1.807, 2.05) is 23.7 Å². The summed E-state index contributed by atoms with van der Waals surface area (Å²) in [7, 11) is 1.93. The SMILES string of the molecule is Cn1c(C#N)ccc1-c1ccc2c(c1)CCN2. The molecule has 0 unspecified atom stereocenters. The van der Waals surface area contributed by atoms with Gasteiger partial charge in [-0.05, 0) is 41.8 Å². The molecule has 0 saturated carbocycles. The Labute approximate surface area is 100 Å². The number of aromatic nitrogens is 1. The highest BCUT2D eigenvalue weighted by atomic mass is 15.0. The quantitative estimate of drug-likeness (QED) is 0.807. The van der Waals surface area contributed by atoms with Gasteiger partial charge in [-0.25, -0.2) is 0 Å². The van der Waals surface area contributed by atoms with Crippen molar-refractivity contribution in [3.8, 4) is 17.3 Å². The minimum atomic E-state index is 0.693. The first-order chi connectivity index (χ1) is 8.29. The standard InChI is InChI=1S/C14H13N3/c1-17-12(9-15)3-5-14(17)11-2-4-13-10(8-11)6-7-16-13/h2-5,8,16H,6-7H2,1H3. The predicted molar refractivity (Wildman–Crippen MR) is 67.8 cm³/mol. The Bertz CT molecular complexity index is 617. The van der Waals surface area contributed by atoms with Gasteiger partial charge in [0, 0.05) is 25.0 Å². The van der Waals surface area contributed by atoms with Gasteiger partial charge in [-0.3, -0.25) is 0 Å². The number of rotatable bonds is 1. The van der Waals surface area contributed by atoms with Gasteiger partial charge in [0.25, 0.3) is 0 Å². The molecule has 0 fully saturated rings. The third kappa shape index (κ3) is 1.50. The average Bonchev–Trinajstić information content (AvgIpc) is 2.94. The van der Waals surface area contributed by atoms with Gasteiger partial charge in [-0.2, -0.15) is 5.26 Å². The maximum Gasteiger partial charge on any atom is 0.120 e. The highest BCUT2D eigenvalue weighted by molar-refractivity contribution is 5.68. The molecule has 1 aliphatic rings. The van der Waals surface area contributed by atoms with Crippen molar-refractivity contribution in [2.45, 2.75) is 6.42 Å². The van der Waals surface area contributed by atoms with Gasteiger partial charge >= 0.3 is 0 Å². The molecule has 3 rings (SSSR count).